The summed E-state index contributed by atoms with van der Waals surface area (Å²) in [7, 11) is 0. The molecule has 0 bridgehead atoms. The van der Waals surface area contributed by atoms with E-state index in [0.29, 0.717) is 0 Å². The largest absolute Gasteiger partial charge is 0.156 e. The first kappa shape index (κ1) is 8.62. The van der Waals surface area contributed by atoms with Crippen molar-refractivity contribution in [1.29, 1.82) is 0 Å². The van der Waals surface area contributed by atoms with Crippen LogP contribution in [-0.2, 0) is 5.75 Å². The van der Waals surface area contributed by atoms with Crippen LogP contribution < -0.4 is 5.73 Å². The van der Waals surface area contributed by atoms with Crippen LogP contribution in [0.4, 0.5) is 0 Å². The molecule has 0 unspecified atom stereocenters. The Kier molecular flexibility index (Phi) is 4.09. The van der Waals surface area contributed by atoms with Gasteiger partial charge in [-0.1, -0.05) is 30.3 Å². The summed E-state index contributed by atoms with van der Waals surface area (Å²) in [6.07, 6.45) is 0. The maximum Gasteiger partial charge on any atom is 0.0412 e. The maximum atomic E-state index is 8.52. The average molecular weight is 165 g/mol. The molecule has 0 aliphatic heterocycles. The second-order valence-electron chi connectivity index (χ2n) is 2.26. The van der Waals surface area contributed by atoms with Crippen molar-refractivity contribution < 1.29 is 0 Å². The lowest BCUT2D eigenvalue weighted by Crippen LogP contribution is -1.89. The zero-order valence-electron chi connectivity index (χ0n) is 6.36. The molecule has 1 rings (SSSR count). The first-order chi connectivity index (χ1) is 5.43. The molecule has 58 valence electrons. The lowest BCUT2D eigenvalue weighted by atomic mass is 10.2. The van der Waals surface area contributed by atoms with Crippen LogP contribution >= 0.6 is 11.8 Å². The van der Waals surface area contributed by atoms with Gasteiger partial charge >= 0.3 is 0 Å². The molecule has 1 nitrogen and oxygen atoms in total. The highest BCUT2D eigenvalue weighted by Gasteiger charge is 1.89. The SMILES string of the molecule is [N]CCSCc1ccccc1. The summed E-state index contributed by atoms with van der Waals surface area (Å²) in [6, 6.07) is 10.3. The maximum absolute atomic E-state index is 8.52. The zero-order chi connectivity index (χ0) is 7.94. The highest BCUT2D eigenvalue weighted by Crippen LogP contribution is 2.10. The number of hydrogen-bond donors (Lipinski definition) is 0. The summed E-state index contributed by atoms with van der Waals surface area (Å²) in [4.78, 5) is 0. The van der Waals surface area contributed by atoms with Crippen molar-refractivity contribution in [3.8, 4) is 0 Å². The summed E-state index contributed by atoms with van der Waals surface area (Å²) in [5, 5.41) is 0. The van der Waals surface area contributed by atoms with E-state index in [2.05, 4.69) is 12.1 Å². The van der Waals surface area contributed by atoms with Crippen molar-refractivity contribution in [2.24, 2.45) is 0 Å². The Hall–Kier alpha value is -0.470. The lowest BCUT2D eigenvalue weighted by molar-refractivity contribution is 1.10. The molecule has 0 heterocycles. The number of nitrogens with zero attached hydrogens (tertiary/aromatic N) is 1. The van der Waals surface area contributed by atoms with Crippen LogP contribution in [-0.4, -0.2) is 12.3 Å². The quantitative estimate of drug-likeness (QED) is 0.625. The van der Waals surface area contributed by atoms with Crippen LogP contribution in [0.25, 0.3) is 0 Å². The Labute approximate surface area is 72.0 Å². The van der Waals surface area contributed by atoms with E-state index >= 15 is 0 Å². The minimum absolute atomic E-state index is 0.275. The molecule has 0 amide bonds. The Morgan fingerprint density at radius 3 is 2.55 bits per heavy atom. The summed E-state index contributed by atoms with van der Waals surface area (Å²) in [5.41, 5.74) is 9.85. The summed E-state index contributed by atoms with van der Waals surface area (Å²) in [6.45, 7) is 0.275. The van der Waals surface area contributed by atoms with Gasteiger partial charge in [0, 0.05) is 18.1 Å². The van der Waals surface area contributed by atoms with Crippen LogP contribution in [0.15, 0.2) is 30.3 Å². The first-order valence-corrected chi connectivity index (χ1v) is 4.81. The highest BCUT2D eigenvalue weighted by molar-refractivity contribution is 7.98. The van der Waals surface area contributed by atoms with Crippen molar-refractivity contribution >= 4 is 11.8 Å². The van der Waals surface area contributed by atoms with Crippen molar-refractivity contribution in [1.82, 2.24) is 5.73 Å². The second kappa shape index (κ2) is 5.22. The average Bonchev–Trinajstić information content (AvgIpc) is 2.07. The highest BCUT2D eigenvalue weighted by atomic mass is 32.2. The predicted octanol–water partition coefficient (Wildman–Crippen LogP) is 1.99. The fourth-order valence-corrected chi connectivity index (χ4v) is 1.53. The molecule has 0 spiro atoms. The van der Waals surface area contributed by atoms with Crippen molar-refractivity contribution in [2.45, 2.75) is 5.75 Å². The van der Waals surface area contributed by atoms with E-state index in [1.807, 2.05) is 18.2 Å². The fourth-order valence-electron chi connectivity index (χ4n) is 0.829. The number of benzene rings is 1. The smallest absolute Gasteiger partial charge is 0.0412 e. The summed E-state index contributed by atoms with van der Waals surface area (Å²) >= 11 is 1.76. The van der Waals surface area contributed by atoms with Gasteiger partial charge in [0.05, 0.1) is 0 Å². The molecule has 1 aromatic carbocycles. The van der Waals surface area contributed by atoms with Crippen molar-refractivity contribution in [3.05, 3.63) is 35.9 Å². The van der Waals surface area contributed by atoms with E-state index in [4.69, 9.17) is 5.73 Å². The Morgan fingerprint density at radius 2 is 1.91 bits per heavy atom. The molecule has 2 heteroatoms. The van der Waals surface area contributed by atoms with E-state index in [9.17, 15) is 0 Å². The second-order valence-corrected chi connectivity index (χ2v) is 3.37. The third kappa shape index (κ3) is 3.44. The van der Waals surface area contributed by atoms with E-state index in [0.717, 1.165) is 11.5 Å². The van der Waals surface area contributed by atoms with Gasteiger partial charge in [-0.2, -0.15) is 11.8 Å². The molecule has 0 N–H and O–H groups in total. The molecular formula is C9H11NS. The monoisotopic (exact) mass is 165 g/mol. The third-order valence-electron chi connectivity index (χ3n) is 1.35. The molecular weight excluding hydrogens is 154 g/mol. The zero-order valence-corrected chi connectivity index (χ0v) is 7.18. The van der Waals surface area contributed by atoms with Gasteiger partial charge in [0.15, 0.2) is 0 Å². The van der Waals surface area contributed by atoms with Gasteiger partial charge in [-0.15, -0.1) is 5.73 Å². The van der Waals surface area contributed by atoms with Gasteiger partial charge in [0.25, 0.3) is 0 Å². The van der Waals surface area contributed by atoms with Crippen LogP contribution in [0.3, 0.4) is 0 Å². The standard InChI is InChI=1S/C9H11NS/c10-6-7-11-8-9-4-2-1-3-5-9/h1-5H,6-8H2. The van der Waals surface area contributed by atoms with Gasteiger partial charge in [-0.05, 0) is 5.56 Å². The van der Waals surface area contributed by atoms with Crippen molar-refractivity contribution in [2.75, 3.05) is 12.3 Å². The molecule has 0 aromatic heterocycles. The molecule has 0 aliphatic rings. The van der Waals surface area contributed by atoms with E-state index in [1.165, 1.54) is 5.56 Å². The first-order valence-electron chi connectivity index (χ1n) is 3.66. The van der Waals surface area contributed by atoms with Crippen LogP contribution in [0.1, 0.15) is 5.56 Å². The molecule has 11 heavy (non-hydrogen) atoms. The predicted molar refractivity (Wildman–Crippen MR) is 49.6 cm³/mol. The van der Waals surface area contributed by atoms with Gasteiger partial charge in [0.2, 0.25) is 0 Å². The number of thioether (sulfide) groups is 1. The van der Waals surface area contributed by atoms with E-state index in [-0.39, 0.29) is 6.54 Å². The fraction of sp³-hybridized carbons (Fsp3) is 0.333. The Morgan fingerprint density at radius 1 is 1.18 bits per heavy atom. The molecule has 2 radical (unpaired) electrons. The molecule has 0 aliphatic carbocycles. The molecule has 0 fully saturated rings. The Balaban J connectivity index is 2.28. The van der Waals surface area contributed by atoms with Crippen LogP contribution in [0, 0.1) is 0 Å². The molecule has 1 aromatic rings. The van der Waals surface area contributed by atoms with E-state index < -0.39 is 0 Å². The van der Waals surface area contributed by atoms with E-state index in [1.54, 1.807) is 11.8 Å². The minimum atomic E-state index is 0.275. The normalized spacial score (nSPS) is 9.91. The summed E-state index contributed by atoms with van der Waals surface area (Å²) < 4.78 is 0. The van der Waals surface area contributed by atoms with Gasteiger partial charge in [-0.25, -0.2) is 0 Å². The van der Waals surface area contributed by atoms with Gasteiger partial charge < -0.3 is 0 Å². The van der Waals surface area contributed by atoms with Gasteiger partial charge in [0.1, 0.15) is 0 Å². The van der Waals surface area contributed by atoms with Crippen LogP contribution in [0.5, 0.6) is 0 Å². The molecule has 0 saturated carbocycles. The lowest BCUT2D eigenvalue weighted by Gasteiger charge is -1.97. The number of hydrogen-bond acceptors (Lipinski definition) is 1. The third-order valence-corrected chi connectivity index (χ3v) is 2.36. The Bertz CT molecular complexity index is 186. The molecule has 0 saturated heterocycles. The summed E-state index contributed by atoms with van der Waals surface area (Å²) in [5.74, 6) is 1.83. The van der Waals surface area contributed by atoms with Gasteiger partial charge in [-0.3, -0.25) is 0 Å². The minimum Gasteiger partial charge on any atom is -0.156 e. The number of rotatable bonds is 4. The van der Waals surface area contributed by atoms with Crippen molar-refractivity contribution in [3.63, 3.8) is 0 Å². The van der Waals surface area contributed by atoms with Crippen LogP contribution in [0.2, 0.25) is 0 Å². The molecule has 0 atom stereocenters. The topological polar surface area (TPSA) is 22.3 Å².